The number of carbonyl (C=O) groups is 1. The van der Waals surface area contributed by atoms with Gasteiger partial charge >= 0.3 is 0 Å². The van der Waals surface area contributed by atoms with Crippen molar-refractivity contribution in [1.29, 1.82) is 5.26 Å². The maximum atomic E-state index is 10.1. The Kier molecular flexibility index (Phi) is 3.65. The van der Waals surface area contributed by atoms with Gasteiger partial charge in [0.15, 0.2) is 0 Å². The fourth-order valence-electron chi connectivity index (χ4n) is 1.12. The molecule has 1 atom stereocenters. The second kappa shape index (κ2) is 5.04. The average Bonchev–Trinajstić information content (AvgIpc) is 2.21. The van der Waals surface area contributed by atoms with Gasteiger partial charge in [0.1, 0.15) is 6.29 Å². The minimum absolute atomic E-state index is 0.209. The van der Waals surface area contributed by atoms with Crippen LogP contribution in [0.5, 0.6) is 0 Å². The van der Waals surface area contributed by atoms with E-state index in [-0.39, 0.29) is 5.92 Å². The molecule has 0 aliphatic rings. The van der Waals surface area contributed by atoms with Gasteiger partial charge in [-0.3, -0.25) is 4.98 Å². The van der Waals surface area contributed by atoms with Gasteiger partial charge in [0.2, 0.25) is 0 Å². The van der Waals surface area contributed by atoms with Gasteiger partial charge in [-0.15, -0.1) is 0 Å². The van der Waals surface area contributed by atoms with Crippen molar-refractivity contribution in [2.75, 3.05) is 0 Å². The highest BCUT2D eigenvalue weighted by atomic mass is 16.1. The van der Waals surface area contributed by atoms with Gasteiger partial charge in [0, 0.05) is 18.8 Å². The summed E-state index contributed by atoms with van der Waals surface area (Å²) in [5.74, 6) is -0.209. The average molecular weight is 174 g/mol. The molecule has 0 N–H and O–H groups in total. The van der Waals surface area contributed by atoms with Crippen molar-refractivity contribution in [3.8, 4) is 6.07 Å². The lowest BCUT2D eigenvalue weighted by molar-refractivity contribution is -0.107. The molecule has 1 aromatic heterocycles. The number of nitriles is 1. The topological polar surface area (TPSA) is 53.8 Å². The molecule has 3 heteroatoms. The second-order valence-electron chi connectivity index (χ2n) is 2.71. The van der Waals surface area contributed by atoms with Gasteiger partial charge in [-0.1, -0.05) is 6.07 Å². The molecule has 0 bridgehead atoms. The van der Waals surface area contributed by atoms with Crippen molar-refractivity contribution < 1.29 is 4.79 Å². The Morgan fingerprint density at radius 3 is 3.08 bits per heavy atom. The molecule has 0 spiro atoms. The molecule has 0 fully saturated rings. The van der Waals surface area contributed by atoms with Crippen LogP contribution >= 0.6 is 0 Å². The summed E-state index contributed by atoms with van der Waals surface area (Å²) in [6.07, 6.45) is 5.16. The van der Waals surface area contributed by atoms with E-state index in [1.165, 1.54) is 0 Å². The van der Waals surface area contributed by atoms with E-state index in [0.717, 1.165) is 11.8 Å². The number of nitrogens with zero attached hydrogens (tertiary/aromatic N) is 2. The largest absolute Gasteiger partial charge is 0.303 e. The number of aldehydes is 1. The molecule has 1 aromatic rings. The summed E-state index contributed by atoms with van der Waals surface area (Å²) in [6.45, 7) is 0. The summed E-state index contributed by atoms with van der Waals surface area (Å²) in [4.78, 5) is 14.1. The van der Waals surface area contributed by atoms with Gasteiger partial charge in [0.05, 0.1) is 12.0 Å². The zero-order valence-electron chi connectivity index (χ0n) is 7.18. The molecule has 0 radical (unpaired) electrons. The van der Waals surface area contributed by atoms with Gasteiger partial charge in [-0.25, -0.2) is 0 Å². The predicted octanol–water partition coefficient (Wildman–Crippen LogP) is 1.67. The fourth-order valence-corrected chi connectivity index (χ4v) is 1.12. The molecular weight excluding hydrogens is 164 g/mol. The van der Waals surface area contributed by atoms with Gasteiger partial charge in [0.25, 0.3) is 0 Å². The van der Waals surface area contributed by atoms with Crippen LogP contribution in [0.15, 0.2) is 24.5 Å². The fraction of sp³-hybridized carbons (Fsp3) is 0.300. The molecule has 1 unspecified atom stereocenters. The number of carbonyl (C=O) groups excluding carboxylic acids is 1. The molecular formula is C10H10N2O. The molecule has 0 aliphatic carbocycles. The number of aromatic nitrogens is 1. The van der Waals surface area contributed by atoms with E-state index in [1.807, 2.05) is 6.07 Å². The summed E-state index contributed by atoms with van der Waals surface area (Å²) in [7, 11) is 0. The summed E-state index contributed by atoms with van der Waals surface area (Å²) < 4.78 is 0. The molecule has 1 heterocycles. The van der Waals surface area contributed by atoms with Crippen LogP contribution in [0.4, 0.5) is 0 Å². The first-order chi connectivity index (χ1) is 6.38. The highest BCUT2D eigenvalue weighted by Crippen LogP contribution is 2.18. The van der Waals surface area contributed by atoms with Crippen LogP contribution in [0.3, 0.4) is 0 Å². The lowest BCUT2D eigenvalue weighted by atomic mass is 9.98. The van der Waals surface area contributed by atoms with Crippen molar-refractivity contribution >= 4 is 6.29 Å². The highest BCUT2D eigenvalue weighted by Gasteiger charge is 2.08. The third-order valence-electron chi connectivity index (χ3n) is 1.82. The summed E-state index contributed by atoms with van der Waals surface area (Å²) in [5, 5.41) is 8.81. The van der Waals surface area contributed by atoms with Gasteiger partial charge < -0.3 is 4.79 Å². The molecule has 1 rings (SSSR count). The molecule has 0 aliphatic heterocycles. The Morgan fingerprint density at radius 2 is 2.54 bits per heavy atom. The Balaban J connectivity index is 2.68. The lowest BCUT2D eigenvalue weighted by Crippen LogP contribution is -1.96. The standard InChI is InChI=1S/C10H10N2O/c11-7-9(4-2-6-13)10-3-1-5-12-8-10/h1,3,5-6,8-9H,2,4H2. The van der Waals surface area contributed by atoms with Crippen LogP contribution in [0.2, 0.25) is 0 Å². The van der Waals surface area contributed by atoms with Crippen LogP contribution < -0.4 is 0 Å². The Morgan fingerprint density at radius 1 is 1.69 bits per heavy atom. The van der Waals surface area contributed by atoms with Crippen molar-refractivity contribution in [2.45, 2.75) is 18.8 Å². The van der Waals surface area contributed by atoms with Crippen LogP contribution in [0.25, 0.3) is 0 Å². The Bertz CT molecular complexity index is 302. The maximum absolute atomic E-state index is 10.1. The molecule has 66 valence electrons. The number of hydrogen-bond acceptors (Lipinski definition) is 3. The van der Waals surface area contributed by atoms with E-state index in [0.29, 0.717) is 12.8 Å². The number of rotatable bonds is 4. The normalized spacial score (nSPS) is 11.6. The summed E-state index contributed by atoms with van der Waals surface area (Å²) in [5.41, 5.74) is 0.881. The SMILES string of the molecule is N#CC(CCC=O)c1cccnc1. The first kappa shape index (κ1) is 9.40. The van der Waals surface area contributed by atoms with Crippen LogP contribution in [-0.4, -0.2) is 11.3 Å². The minimum Gasteiger partial charge on any atom is -0.303 e. The Hall–Kier alpha value is -1.69. The lowest BCUT2D eigenvalue weighted by Gasteiger charge is -2.05. The summed E-state index contributed by atoms with van der Waals surface area (Å²) >= 11 is 0. The van der Waals surface area contributed by atoms with E-state index < -0.39 is 0 Å². The maximum Gasteiger partial charge on any atom is 0.120 e. The molecule has 0 saturated heterocycles. The number of hydrogen-bond donors (Lipinski definition) is 0. The molecule has 13 heavy (non-hydrogen) atoms. The highest BCUT2D eigenvalue weighted by molar-refractivity contribution is 5.49. The van der Waals surface area contributed by atoms with Crippen LogP contribution in [0, 0.1) is 11.3 Å². The van der Waals surface area contributed by atoms with E-state index in [4.69, 9.17) is 5.26 Å². The molecule has 0 saturated carbocycles. The molecule has 0 aromatic carbocycles. The van der Waals surface area contributed by atoms with E-state index >= 15 is 0 Å². The van der Waals surface area contributed by atoms with Crippen molar-refractivity contribution in [3.63, 3.8) is 0 Å². The third-order valence-corrected chi connectivity index (χ3v) is 1.82. The van der Waals surface area contributed by atoms with Crippen LogP contribution in [0.1, 0.15) is 24.3 Å². The minimum atomic E-state index is -0.209. The van der Waals surface area contributed by atoms with E-state index in [2.05, 4.69) is 11.1 Å². The first-order valence-corrected chi connectivity index (χ1v) is 4.11. The molecule has 3 nitrogen and oxygen atoms in total. The zero-order chi connectivity index (χ0) is 9.52. The third kappa shape index (κ3) is 2.68. The van der Waals surface area contributed by atoms with Gasteiger partial charge in [-0.2, -0.15) is 5.26 Å². The van der Waals surface area contributed by atoms with Crippen molar-refractivity contribution in [3.05, 3.63) is 30.1 Å². The van der Waals surface area contributed by atoms with E-state index in [1.54, 1.807) is 18.5 Å². The zero-order valence-corrected chi connectivity index (χ0v) is 7.18. The Labute approximate surface area is 77.0 Å². The van der Waals surface area contributed by atoms with E-state index in [9.17, 15) is 4.79 Å². The number of pyridine rings is 1. The smallest absolute Gasteiger partial charge is 0.120 e. The quantitative estimate of drug-likeness (QED) is 0.652. The summed E-state index contributed by atoms with van der Waals surface area (Å²) in [6, 6.07) is 5.80. The first-order valence-electron chi connectivity index (χ1n) is 4.11. The van der Waals surface area contributed by atoms with Crippen LogP contribution in [-0.2, 0) is 4.79 Å². The predicted molar refractivity (Wildman–Crippen MR) is 47.9 cm³/mol. The van der Waals surface area contributed by atoms with Crippen molar-refractivity contribution in [1.82, 2.24) is 4.98 Å². The van der Waals surface area contributed by atoms with Crippen molar-refractivity contribution in [2.24, 2.45) is 0 Å². The monoisotopic (exact) mass is 174 g/mol. The second-order valence-corrected chi connectivity index (χ2v) is 2.71. The molecule has 0 amide bonds. The van der Waals surface area contributed by atoms with Gasteiger partial charge in [-0.05, 0) is 18.1 Å².